The van der Waals surface area contributed by atoms with E-state index >= 15 is 0 Å². The van der Waals surface area contributed by atoms with Crippen molar-refractivity contribution in [2.45, 2.75) is 70.9 Å². The lowest BCUT2D eigenvalue weighted by atomic mass is 9.67. The Labute approximate surface area is 237 Å². The highest BCUT2D eigenvalue weighted by atomic mass is 35.5. The molecule has 2 aromatic carbocycles. The second-order valence-corrected chi connectivity index (χ2v) is 12.0. The first-order valence-electron chi connectivity index (χ1n) is 12.9. The lowest BCUT2D eigenvalue weighted by Gasteiger charge is -2.52. The van der Waals surface area contributed by atoms with Crippen molar-refractivity contribution in [3.63, 3.8) is 0 Å². The fourth-order valence-electron chi connectivity index (χ4n) is 5.49. The molecule has 7 nitrogen and oxygen atoms in total. The molecule has 1 heterocycles. The fourth-order valence-corrected chi connectivity index (χ4v) is 6.39. The fraction of sp³-hybridized carbons (Fsp3) is 0.500. The number of carbonyl (C=O) groups excluding carboxylic acids is 1. The predicted molar refractivity (Wildman–Crippen MR) is 150 cm³/mol. The number of carbonyl (C=O) groups is 2. The molecule has 3 rings (SSSR count). The SMILES string of the molecule is CCCCN(CC(CC)N1C(=O)C(C)(CC(=O)O)CC(c2cccc(Cl)c2)C1c1ccc(Cl)cc1)S(=O)[O-]. The third-order valence-corrected chi connectivity index (χ3v) is 8.62. The molecule has 2 aromatic rings. The Bertz CT molecular complexity index is 1150. The summed E-state index contributed by atoms with van der Waals surface area (Å²) in [6, 6.07) is 13.7. The van der Waals surface area contributed by atoms with Crippen molar-refractivity contribution in [1.29, 1.82) is 0 Å². The minimum absolute atomic E-state index is 0.119. The minimum atomic E-state index is -2.46. The van der Waals surface area contributed by atoms with Gasteiger partial charge in [-0.2, -0.15) is 0 Å². The third kappa shape index (κ3) is 7.16. The van der Waals surface area contributed by atoms with E-state index in [1.54, 1.807) is 30.0 Å². The van der Waals surface area contributed by atoms with E-state index in [4.69, 9.17) is 23.2 Å². The van der Waals surface area contributed by atoms with Crippen LogP contribution in [0.3, 0.4) is 0 Å². The number of amides is 1. The van der Waals surface area contributed by atoms with Crippen LogP contribution in [0.25, 0.3) is 0 Å². The first kappa shape index (κ1) is 30.6. The van der Waals surface area contributed by atoms with Crippen LogP contribution in [0.5, 0.6) is 0 Å². The van der Waals surface area contributed by atoms with E-state index in [0.29, 0.717) is 35.9 Å². The molecular weight excluding hydrogens is 547 g/mol. The maximum atomic E-state index is 14.3. The van der Waals surface area contributed by atoms with Crippen molar-refractivity contribution < 1.29 is 23.5 Å². The second kappa shape index (κ2) is 13.4. The largest absolute Gasteiger partial charge is 0.760 e. The highest BCUT2D eigenvalue weighted by Crippen LogP contribution is 2.52. The first-order chi connectivity index (χ1) is 18.0. The number of nitrogens with zero attached hydrogens (tertiary/aromatic N) is 2. The second-order valence-electron chi connectivity index (χ2n) is 10.2. The van der Waals surface area contributed by atoms with Gasteiger partial charge in [0.15, 0.2) is 0 Å². The topological polar surface area (TPSA) is 101 Å². The van der Waals surface area contributed by atoms with E-state index in [2.05, 4.69) is 0 Å². The van der Waals surface area contributed by atoms with E-state index in [-0.39, 0.29) is 24.8 Å². The Hall–Kier alpha value is -1.97. The molecule has 0 saturated carbocycles. The van der Waals surface area contributed by atoms with Crippen LogP contribution in [0, 0.1) is 5.41 Å². The molecule has 1 fully saturated rings. The van der Waals surface area contributed by atoms with Gasteiger partial charge in [-0.05, 0) is 54.7 Å². The molecule has 1 aliphatic heterocycles. The van der Waals surface area contributed by atoms with Crippen LogP contribution in [-0.4, -0.2) is 54.1 Å². The Kier molecular flexibility index (Phi) is 10.8. The molecule has 0 radical (unpaired) electrons. The summed E-state index contributed by atoms with van der Waals surface area (Å²) in [5, 5.41) is 10.9. The summed E-state index contributed by atoms with van der Waals surface area (Å²) in [4.78, 5) is 28.0. The summed E-state index contributed by atoms with van der Waals surface area (Å²) in [6.45, 7) is 6.06. The zero-order valence-corrected chi connectivity index (χ0v) is 24.3. The number of likely N-dealkylation sites (tertiary alicyclic amines) is 1. The van der Waals surface area contributed by atoms with Crippen LogP contribution >= 0.6 is 23.2 Å². The lowest BCUT2D eigenvalue weighted by Crippen LogP contribution is -2.58. The molecule has 0 aromatic heterocycles. The normalized spacial score (nSPS) is 23.4. The smallest absolute Gasteiger partial charge is 0.304 e. The van der Waals surface area contributed by atoms with Crippen molar-refractivity contribution in [2.24, 2.45) is 5.41 Å². The maximum Gasteiger partial charge on any atom is 0.304 e. The lowest BCUT2D eigenvalue weighted by molar-refractivity contribution is -0.160. The summed E-state index contributed by atoms with van der Waals surface area (Å²) in [5.74, 6) is -1.64. The molecule has 38 heavy (non-hydrogen) atoms. The van der Waals surface area contributed by atoms with Crippen LogP contribution in [0.2, 0.25) is 10.0 Å². The summed E-state index contributed by atoms with van der Waals surface area (Å²) in [6.07, 6.45) is 1.97. The molecule has 5 atom stereocenters. The number of halogens is 2. The molecule has 10 heteroatoms. The number of rotatable bonds is 12. The predicted octanol–water partition coefficient (Wildman–Crippen LogP) is 6.21. The Morgan fingerprint density at radius 2 is 1.87 bits per heavy atom. The van der Waals surface area contributed by atoms with Crippen LogP contribution in [0.1, 0.15) is 76.0 Å². The maximum absolute atomic E-state index is 14.3. The van der Waals surface area contributed by atoms with Crippen LogP contribution in [0.15, 0.2) is 48.5 Å². The quantitative estimate of drug-likeness (QED) is 0.300. The summed E-state index contributed by atoms with van der Waals surface area (Å²) in [7, 11) is 0. The van der Waals surface area contributed by atoms with E-state index < -0.39 is 34.7 Å². The van der Waals surface area contributed by atoms with Gasteiger partial charge in [0.2, 0.25) is 5.91 Å². The molecule has 208 valence electrons. The average Bonchev–Trinajstić information content (AvgIpc) is 2.86. The Balaban J connectivity index is 2.20. The number of benzene rings is 2. The van der Waals surface area contributed by atoms with Crippen LogP contribution < -0.4 is 0 Å². The van der Waals surface area contributed by atoms with Crippen molar-refractivity contribution >= 4 is 46.3 Å². The number of unbranched alkanes of at least 4 members (excludes halogenated alkanes) is 1. The van der Waals surface area contributed by atoms with Gasteiger partial charge in [-0.25, -0.2) is 4.31 Å². The third-order valence-electron chi connectivity index (χ3n) is 7.38. The Morgan fingerprint density at radius 1 is 1.18 bits per heavy atom. The number of hydrogen-bond acceptors (Lipinski definition) is 4. The summed E-state index contributed by atoms with van der Waals surface area (Å²) >= 11 is 10.1. The molecule has 1 amide bonds. The van der Waals surface area contributed by atoms with E-state index in [1.165, 1.54) is 4.31 Å². The monoisotopic (exact) mass is 581 g/mol. The van der Waals surface area contributed by atoms with Gasteiger partial charge >= 0.3 is 5.97 Å². The number of aliphatic carboxylic acids is 1. The van der Waals surface area contributed by atoms with Crippen molar-refractivity contribution in [3.8, 4) is 0 Å². The van der Waals surface area contributed by atoms with Gasteiger partial charge in [-0.3, -0.25) is 13.8 Å². The number of hydrogen-bond donors (Lipinski definition) is 1. The van der Waals surface area contributed by atoms with Gasteiger partial charge in [-0.1, -0.05) is 74.7 Å². The van der Waals surface area contributed by atoms with Crippen LogP contribution in [-0.2, 0) is 20.9 Å². The molecule has 0 aliphatic carbocycles. The van der Waals surface area contributed by atoms with Crippen molar-refractivity contribution in [1.82, 2.24) is 9.21 Å². The van der Waals surface area contributed by atoms with Gasteiger partial charge < -0.3 is 14.6 Å². The van der Waals surface area contributed by atoms with Crippen molar-refractivity contribution in [3.05, 3.63) is 69.7 Å². The van der Waals surface area contributed by atoms with Gasteiger partial charge in [0.1, 0.15) is 0 Å². The summed E-state index contributed by atoms with van der Waals surface area (Å²) in [5.41, 5.74) is 0.531. The molecule has 1 aliphatic rings. The summed E-state index contributed by atoms with van der Waals surface area (Å²) < 4.78 is 25.6. The zero-order chi connectivity index (χ0) is 28.0. The molecule has 1 N–H and O–H groups in total. The van der Waals surface area contributed by atoms with E-state index in [1.807, 2.05) is 44.2 Å². The number of piperidine rings is 1. The standard InChI is InChI=1S/C28H36Cl2N2O5S/c1-4-6-14-31(38(36)37)18-23(5-2)32-26(19-10-12-21(29)13-11-19)24(20-8-7-9-22(30)15-20)16-28(3,27(32)35)17-25(33)34/h7-13,15,23-24,26H,4-6,14,16-18H2,1-3H3,(H,33,34)(H,36,37)/p-1. The highest BCUT2D eigenvalue weighted by molar-refractivity contribution is 7.76. The van der Waals surface area contributed by atoms with Gasteiger partial charge in [0, 0.05) is 46.4 Å². The van der Waals surface area contributed by atoms with Crippen molar-refractivity contribution in [2.75, 3.05) is 13.1 Å². The van der Waals surface area contributed by atoms with Gasteiger partial charge in [-0.15, -0.1) is 0 Å². The van der Waals surface area contributed by atoms with Gasteiger partial charge in [0.25, 0.3) is 0 Å². The number of carboxylic acid groups (broad SMARTS) is 1. The molecule has 0 spiro atoms. The Morgan fingerprint density at radius 3 is 2.42 bits per heavy atom. The van der Waals surface area contributed by atoms with E-state index in [0.717, 1.165) is 17.5 Å². The highest BCUT2D eigenvalue weighted by Gasteiger charge is 2.52. The van der Waals surface area contributed by atoms with Gasteiger partial charge in [0.05, 0.1) is 17.9 Å². The first-order valence-corrected chi connectivity index (χ1v) is 14.7. The molecule has 5 unspecified atom stereocenters. The average molecular weight is 583 g/mol. The molecule has 1 saturated heterocycles. The zero-order valence-electron chi connectivity index (χ0n) is 21.9. The van der Waals surface area contributed by atoms with Crippen LogP contribution in [0.4, 0.5) is 0 Å². The molecule has 0 bridgehead atoms. The minimum Gasteiger partial charge on any atom is -0.760 e. The number of carboxylic acids is 1. The van der Waals surface area contributed by atoms with E-state index in [9.17, 15) is 23.5 Å². The molecular formula is C28H35Cl2N2O5S-.